The summed E-state index contributed by atoms with van der Waals surface area (Å²) in [5.41, 5.74) is 1.53. The fourth-order valence-electron chi connectivity index (χ4n) is 2.68. The van der Waals surface area contributed by atoms with Gasteiger partial charge in [0.15, 0.2) is 0 Å². The third-order valence-electron chi connectivity index (χ3n) is 4.14. The lowest BCUT2D eigenvalue weighted by molar-refractivity contribution is -0.141. The number of urea groups is 1. The number of aliphatic carboxylic acids is 1. The highest BCUT2D eigenvalue weighted by atomic mass is 16.4. The highest BCUT2D eigenvalue weighted by Crippen LogP contribution is 2.18. The number of rotatable bonds is 4. The van der Waals surface area contributed by atoms with E-state index in [1.54, 1.807) is 10.9 Å². The third kappa shape index (κ3) is 3.37. The van der Waals surface area contributed by atoms with Gasteiger partial charge in [0.1, 0.15) is 5.69 Å². The quantitative estimate of drug-likeness (QED) is 0.884. The van der Waals surface area contributed by atoms with Crippen molar-refractivity contribution in [1.82, 2.24) is 25.2 Å². The second kappa shape index (κ2) is 6.69. The van der Waals surface area contributed by atoms with Crippen molar-refractivity contribution in [3.05, 3.63) is 42.2 Å². The number of hydrogen-bond acceptors (Lipinski definition) is 4. The molecule has 3 rings (SSSR count). The van der Waals surface area contributed by atoms with Crippen molar-refractivity contribution in [3.8, 4) is 5.69 Å². The summed E-state index contributed by atoms with van der Waals surface area (Å²) < 4.78 is 1.65. The molecule has 126 valence electrons. The molecule has 2 amide bonds. The normalized spacial score (nSPS) is 18.4. The van der Waals surface area contributed by atoms with Crippen molar-refractivity contribution in [3.63, 3.8) is 0 Å². The third-order valence-corrected chi connectivity index (χ3v) is 4.14. The number of amides is 2. The van der Waals surface area contributed by atoms with Crippen LogP contribution >= 0.6 is 0 Å². The van der Waals surface area contributed by atoms with Crippen molar-refractivity contribution in [2.75, 3.05) is 13.1 Å². The van der Waals surface area contributed by atoms with Gasteiger partial charge in [0.05, 0.1) is 23.8 Å². The molecule has 2 N–H and O–H groups in total. The Hall–Kier alpha value is -2.90. The first-order valence-electron chi connectivity index (χ1n) is 7.80. The van der Waals surface area contributed by atoms with Crippen LogP contribution in [0.4, 0.5) is 4.79 Å². The maximum Gasteiger partial charge on any atom is 0.317 e. The van der Waals surface area contributed by atoms with Crippen LogP contribution in [-0.2, 0) is 4.79 Å². The molecular formula is C16H19N5O3. The molecule has 1 fully saturated rings. The lowest BCUT2D eigenvalue weighted by Crippen LogP contribution is -2.40. The molecule has 1 aromatic heterocycles. The number of nitrogens with one attached hydrogen (secondary N) is 1. The summed E-state index contributed by atoms with van der Waals surface area (Å²) >= 11 is 0. The monoisotopic (exact) mass is 329 g/mol. The number of carbonyl (C=O) groups is 2. The Labute approximate surface area is 139 Å². The van der Waals surface area contributed by atoms with Crippen LogP contribution in [0.1, 0.15) is 25.1 Å². The first kappa shape index (κ1) is 16.0. The second-order valence-electron chi connectivity index (χ2n) is 5.86. The van der Waals surface area contributed by atoms with Crippen molar-refractivity contribution in [1.29, 1.82) is 0 Å². The number of nitrogens with zero attached hydrogens (tertiary/aromatic N) is 4. The largest absolute Gasteiger partial charge is 0.481 e. The molecule has 0 spiro atoms. The number of hydrogen-bond donors (Lipinski definition) is 2. The average Bonchev–Trinajstić information content (AvgIpc) is 3.25. The molecule has 2 heterocycles. The van der Waals surface area contributed by atoms with Gasteiger partial charge in [0.2, 0.25) is 0 Å². The van der Waals surface area contributed by atoms with Gasteiger partial charge >= 0.3 is 12.0 Å². The highest BCUT2D eigenvalue weighted by Gasteiger charge is 2.31. The molecule has 8 heteroatoms. The molecule has 0 radical (unpaired) electrons. The van der Waals surface area contributed by atoms with Gasteiger partial charge in [0.25, 0.3) is 0 Å². The predicted molar refractivity (Wildman–Crippen MR) is 85.6 cm³/mol. The SMILES string of the molecule is CC(NC(=O)N1CCC(C(=O)O)C1)c1cn(-c2ccccc2)nn1. The highest BCUT2D eigenvalue weighted by molar-refractivity contribution is 5.77. The zero-order valence-corrected chi connectivity index (χ0v) is 13.3. The van der Waals surface area contributed by atoms with Gasteiger partial charge in [-0.2, -0.15) is 0 Å². The lowest BCUT2D eigenvalue weighted by atomic mass is 10.1. The molecule has 0 bridgehead atoms. The molecule has 0 aliphatic carbocycles. The van der Waals surface area contributed by atoms with Crippen LogP contribution in [0.2, 0.25) is 0 Å². The van der Waals surface area contributed by atoms with Crippen molar-refractivity contribution < 1.29 is 14.7 Å². The fraction of sp³-hybridized carbons (Fsp3) is 0.375. The number of benzene rings is 1. The minimum atomic E-state index is -0.857. The van der Waals surface area contributed by atoms with Crippen molar-refractivity contribution in [2.24, 2.45) is 5.92 Å². The predicted octanol–water partition coefficient (Wildman–Crippen LogP) is 1.44. The van der Waals surface area contributed by atoms with Gasteiger partial charge in [-0.3, -0.25) is 4.79 Å². The van der Waals surface area contributed by atoms with E-state index in [2.05, 4.69) is 15.6 Å². The standard InChI is InChI=1S/C16H19N5O3/c1-11(17-16(24)20-8-7-12(9-20)15(22)23)14-10-21(19-18-14)13-5-3-2-4-6-13/h2-6,10-12H,7-9H2,1H3,(H,17,24)(H,22,23). The van der Waals surface area contributed by atoms with Crippen LogP contribution in [0.5, 0.6) is 0 Å². The summed E-state index contributed by atoms with van der Waals surface area (Å²) in [6.07, 6.45) is 2.26. The van der Waals surface area contributed by atoms with E-state index in [1.807, 2.05) is 37.3 Å². The Morgan fingerprint density at radius 2 is 2.08 bits per heavy atom. The summed E-state index contributed by atoms with van der Waals surface area (Å²) in [5, 5.41) is 20.0. The van der Waals surface area contributed by atoms with Crippen molar-refractivity contribution >= 4 is 12.0 Å². The smallest absolute Gasteiger partial charge is 0.317 e. The Balaban J connectivity index is 1.61. The maximum atomic E-state index is 12.2. The summed E-state index contributed by atoms with van der Waals surface area (Å²) in [5.74, 6) is -1.34. The van der Waals surface area contributed by atoms with E-state index < -0.39 is 11.9 Å². The van der Waals surface area contributed by atoms with E-state index >= 15 is 0 Å². The topological polar surface area (TPSA) is 100 Å². The van der Waals surface area contributed by atoms with Crippen LogP contribution < -0.4 is 5.32 Å². The molecule has 1 aliphatic rings. The summed E-state index contributed by atoms with van der Waals surface area (Å²) in [4.78, 5) is 24.7. The van der Waals surface area contributed by atoms with Crippen LogP contribution in [-0.4, -0.2) is 50.1 Å². The van der Waals surface area contributed by atoms with Crippen LogP contribution in [0, 0.1) is 5.92 Å². The number of carboxylic acids is 1. The minimum absolute atomic E-state index is 0.241. The van der Waals surface area contributed by atoms with E-state index in [1.165, 1.54) is 4.90 Å². The van der Waals surface area contributed by atoms with E-state index in [0.29, 0.717) is 18.7 Å². The molecule has 24 heavy (non-hydrogen) atoms. The molecule has 2 unspecified atom stereocenters. The zero-order valence-electron chi connectivity index (χ0n) is 13.3. The molecular weight excluding hydrogens is 310 g/mol. The van der Waals surface area contributed by atoms with E-state index in [0.717, 1.165) is 5.69 Å². The average molecular weight is 329 g/mol. The molecule has 1 aliphatic heterocycles. The van der Waals surface area contributed by atoms with Gasteiger partial charge in [-0.05, 0) is 25.5 Å². The molecule has 1 aromatic carbocycles. The van der Waals surface area contributed by atoms with Crippen LogP contribution in [0.3, 0.4) is 0 Å². The lowest BCUT2D eigenvalue weighted by Gasteiger charge is -2.19. The number of carbonyl (C=O) groups excluding carboxylic acids is 1. The molecule has 8 nitrogen and oxygen atoms in total. The fourth-order valence-corrected chi connectivity index (χ4v) is 2.68. The van der Waals surface area contributed by atoms with Crippen LogP contribution in [0.25, 0.3) is 5.69 Å². The number of para-hydroxylation sites is 1. The number of carboxylic acid groups (broad SMARTS) is 1. The van der Waals surface area contributed by atoms with Gasteiger partial charge in [-0.1, -0.05) is 23.4 Å². The first-order valence-corrected chi connectivity index (χ1v) is 7.80. The Morgan fingerprint density at radius 1 is 1.33 bits per heavy atom. The van der Waals surface area contributed by atoms with Crippen molar-refractivity contribution in [2.45, 2.75) is 19.4 Å². The molecule has 1 saturated heterocycles. The zero-order chi connectivity index (χ0) is 17.1. The van der Waals surface area contributed by atoms with Gasteiger partial charge in [-0.15, -0.1) is 5.10 Å². The Kier molecular flexibility index (Phi) is 4.45. The second-order valence-corrected chi connectivity index (χ2v) is 5.86. The van der Waals surface area contributed by atoms with E-state index in [9.17, 15) is 9.59 Å². The number of likely N-dealkylation sites (tertiary alicyclic amines) is 1. The van der Waals surface area contributed by atoms with E-state index in [-0.39, 0.29) is 18.6 Å². The van der Waals surface area contributed by atoms with Crippen LogP contribution in [0.15, 0.2) is 36.5 Å². The Bertz CT molecular complexity index is 730. The summed E-state index contributed by atoms with van der Waals surface area (Å²) in [7, 11) is 0. The first-order chi connectivity index (χ1) is 11.5. The minimum Gasteiger partial charge on any atom is -0.481 e. The van der Waals surface area contributed by atoms with Gasteiger partial charge in [0, 0.05) is 13.1 Å². The summed E-state index contributed by atoms with van der Waals surface area (Å²) in [6, 6.07) is 8.97. The maximum absolute atomic E-state index is 12.2. The van der Waals surface area contributed by atoms with Gasteiger partial charge in [-0.25, -0.2) is 9.48 Å². The Morgan fingerprint density at radius 3 is 2.75 bits per heavy atom. The number of aromatic nitrogens is 3. The van der Waals surface area contributed by atoms with E-state index in [4.69, 9.17) is 5.11 Å². The molecule has 2 aromatic rings. The molecule has 0 saturated carbocycles. The summed E-state index contributed by atoms with van der Waals surface area (Å²) in [6.45, 7) is 2.51. The molecule has 2 atom stereocenters. The van der Waals surface area contributed by atoms with Gasteiger partial charge < -0.3 is 15.3 Å².